The first-order chi connectivity index (χ1) is 9.28. The molecular weight excluding hydrogens is 242 g/mol. The molecule has 2 rings (SSSR count). The number of aryl methyl sites for hydroxylation is 1. The molecule has 2 N–H and O–H groups in total. The van der Waals surface area contributed by atoms with Gasteiger partial charge in [-0.15, -0.1) is 5.10 Å². The maximum atomic E-state index is 5.55. The van der Waals surface area contributed by atoms with Crippen molar-refractivity contribution in [2.45, 2.75) is 26.3 Å². The molecule has 0 bridgehead atoms. The van der Waals surface area contributed by atoms with Crippen LogP contribution >= 0.6 is 0 Å². The quantitative estimate of drug-likeness (QED) is 0.831. The summed E-state index contributed by atoms with van der Waals surface area (Å²) >= 11 is 0. The van der Waals surface area contributed by atoms with E-state index < -0.39 is 0 Å². The lowest BCUT2D eigenvalue weighted by atomic mass is 10.1. The van der Waals surface area contributed by atoms with Gasteiger partial charge in [0.05, 0.1) is 13.7 Å². The topological polar surface area (TPSA) is 78.8 Å². The lowest BCUT2D eigenvalue weighted by Gasteiger charge is -2.11. The minimum Gasteiger partial charge on any atom is -0.496 e. The largest absolute Gasteiger partial charge is 0.496 e. The van der Waals surface area contributed by atoms with Crippen LogP contribution < -0.4 is 10.5 Å². The van der Waals surface area contributed by atoms with Crippen LogP contribution in [0.25, 0.3) is 0 Å². The molecule has 19 heavy (non-hydrogen) atoms. The second-order valence-corrected chi connectivity index (χ2v) is 4.29. The maximum Gasteiger partial charge on any atom is 0.152 e. The van der Waals surface area contributed by atoms with Gasteiger partial charge in [0.25, 0.3) is 0 Å². The predicted octanol–water partition coefficient (Wildman–Crippen LogP) is 0.794. The Labute approximate surface area is 112 Å². The van der Waals surface area contributed by atoms with E-state index >= 15 is 0 Å². The highest BCUT2D eigenvalue weighted by atomic mass is 16.5. The third kappa shape index (κ3) is 3.08. The van der Waals surface area contributed by atoms with Gasteiger partial charge in [0.2, 0.25) is 0 Å². The lowest BCUT2D eigenvalue weighted by molar-refractivity contribution is 0.406. The highest BCUT2D eigenvalue weighted by Gasteiger charge is 2.10. The molecule has 1 heterocycles. The number of hydrogen-bond donors (Lipinski definition) is 1. The molecule has 0 aliphatic carbocycles. The smallest absolute Gasteiger partial charge is 0.152 e. The van der Waals surface area contributed by atoms with Gasteiger partial charge in [0.1, 0.15) is 5.75 Å². The minimum atomic E-state index is 0.534. The first kappa shape index (κ1) is 13.5. The third-order valence-corrected chi connectivity index (χ3v) is 3.05. The van der Waals surface area contributed by atoms with Crippen LogP contribution in [0.2, 0.25) is 0 Å². The molecule has 0 atom stereocenters. The second-order valence-electron chi connectivity index (χ2n) is 4.29. The van der Waals surface area contributed by atoms with E-state index in [2.05, 4.69) is 34.6 Å². The zero-order valence-corrected chi connectivity index (χ0v) is 11.3. The van der Waals surface area contributed by atoms with Gasteiger partial charge in [0, 0.05) is 12.0 Å². The van der Waals surface area contributed by atoms with Crippen LogP contribution in [0, 0.1) is 0 Å². The van der Waals surface area contributed by atoms with E-state index in [0.29, 0.717) is 19.5 Å². The molecule has 0 saturated heterocycles. The number of nitrogens with zero attached hydrogens (tertiary/aromatic N) is 4. The van der Waals surface area contributed by atoms with Crippen molar-refractivity contribution in [2.24, 2.45) is 5.73 Å². The Hall–Kier alpha value is -1.95. The SMILES string of the molecule is CCc1ccc(OC)c(Cn2nnnc2CCN)c1. The van der Waals surface area contributed by atoms with Crippen molar-refractivity contribution >= 4 is 0 Å². The molecule has 0 fully saturated rings. The molecule has 0 amide bonds. The van der Waals surface area contributed by atoms with Gasteiger partial charge >= 0.3 is 0 Å². The molecule has 0 spiro atoms. The Bertz CT molecular complexity index is 538. The summed E-state index contributed by atoms with van der Waals surface area (Å²) in [4.78, 5) is 0. The van der Waals surface area contributed by atoms with Crippen LogP contribution in [0.1, 0.15) is 23.9 Å². The van der Waals surface area contributed by atoms with Crippen molar-refractivity contribution in [3.63, 3.8) is 0 Å². The highest BCUT2D eigenvalue weighted by molar-refractivity contribution is 5.37. The van der Waals surface area contributed by atoms with E-state index in [1.165, 1.54) is 5.56 Å². The Morgan fingerprint density at radius 2 is 2.21 bits per heavy atom. The number of methoxy groups -OCH3 is 1. The summed E-state index contributed by atoms with van der Waals surface area (Å²) in [5.74, 6) is 1.65. The number of tetrazole rings is 1. The summed E-state index contributed by atoms with van der Waals surface area (Å²) in [5.41, 5.74) is 7.89. The van der Waals surface area contributed by atoms with Crippen LogP contribution in [-0.2, 0) is 19.4 Å². The monoisotopic (exact) mass is 261 g/mol. The Kier molecular flexibility index (Phi) is 4.46. The second kappa shape index (κ2) is 6.29. The number of aromatic nitrogens is 4. The molecule has 0 aliphatic heterocycles. The summed E-state index contributed by atoms with van der Waals surface area (Å²) in [6.07, 6.45) is 1.66. The van der Waals surface area contributed by atoms with Gasteiger partial charge < -0.3 is 10.5 Å². The maximum absolute atomic E-state index is 5.55. The molecule has 2 aromatic rings. The normalized spacial score (nSPS) is 10.7. The molecule has 0 aliphatic rings. The highest BCUT2D eigenvalue weighted by Crippen LogP contribution is 2.21. The lowest BCUT2D eigenvalue weighted by Crippen LogP contribution is -2.12. The van der Waals surface area contributed by atoms with Crippen LogP contribution in [0.4, 0.5) is 0 Å². The summed E-state index contributed by atoms with van der Waals surface area (Å²) in [7, 11) is 1.67. The average Bonchev–Trinajstić information content (AvgIpc) is 2.86. The molecule has 6 nitrogen and oxygen atoms in total. The standard InChI is InChI=1S/C13H19N5O/c1-3-10-4-5-12(19-2)11(8-10)9-18-13(6-7-14)15-16-17-18/h4-5,8H,3,6-7,9,14H2,1-2H3. The van der Waals surface area contributed by atoms with Crippen molar-refractivity contribution < 1.29 is 4.74 Å². The summed E-state index contributed by atoms with van der Waals surface area (Å²) in [6, 6.07) is 6.19. The van der Waals surface area contributed by atoms with Gasteiger partial charge in [-0.1, -0.05) is 19.1 Å². The average molecular weight is 261 g/mol. The third-order valence-electron chi connectivity index (χ3n) is 3.05. The van der Waals surface area contributed by atoms with Gasteiger partial charge in [0.15, 0.2) is 5.82 Å². The van der Waals surface area contributed by atoms with Crippen molar-refractivity contribution in [2.75, 3.05) is 13.7 Å². The van der Waals surface area contributed by atoms with Crippen LogP contribution in [0.5, 0.6) is 5.75 Å². The fourth-order valence-corrected chi connectivity index (χ4v) is 1.99. The fraction of sp³-hybridized carbons (Fsp3) is 0.462. The molecule has 0 saturated carbocycles. The number of ether oxygens (including phenoxy) is 1. The van der Waals surface area contributed by atoms with Gasteiger partial charge in [-0.05, 0) is 35.0 Å². The van der Waals surface area contributed by atoms with Crippen LogP contribution in [0.3, 0.4) is 0 Å². The van der Waals surface area contributed by atoms with Crippen molar-refractivity contribution in [1.29, 1.82) is 0 Å². The molecule has 6 heteroatoms. The molecule has 102 valence electrons. The van der Waals surface area contributed by atoms with Gasteiger partial charge in [-0.25, -0.2) is 4.68 Å². The molecule has 0 radical (unpaired) electrons. The number of benzene rings is 1. The van der Waals surface area contributed by atoms with E-state index in [0.717, 1.165) is 23.6 Å². The Morgan fingerprint density at radius 1 is 1.37 bits per heavy atom. The molecule has 1 aromatic carbocycles. The number of hydrogen-bond acceptors (Lipinski definition) is 5. The summed E-state index contributed by atoms with van der Waals surface area (Å²) in [6.45, 7) is 3.26. The van der Waals surface area contributed by atoms with E-state index in [1.807, 2.05) is 6.07 Å². The fourth-order valence-electron chi connectivity index (χ4n) is 1.99. The van der Waals surface area contributed by atoms with Crippen LogP contribution in [0.15, 0.2) is 18.2 Å². The van der Waals surface area contributed by atoms with E-state index in [9.17, 15) is 0 Å². The molecule has 1 aromatic heterocycles. The first-order valence-corrected chi connectivity index (χ1v) is 6.39. The minimum absolute atomic E-state index is 0.534. The van der Waals surface area contributed by atoms with Crippen molar-refractivity contribution in [3.8, 4) is 5.75 Å². The first-order valence-electron chi connectivity index (χ1n) is 6.39. The Morgan fingerprint density at radius 3 is 2.89 bits per heavy atom. The van der Waals surface area contributed by atoms with E-state index in [-0.39, 0.29) is 0 Å². The molecule has 0 unspecified atom stereocenters. The number of nitrogens with two attached hydrogens (primary N) is 1. The van der Waals surface area contributed by atoms with Crippen molar-refractivity contribution in [1.82, 2.24) is 20.2 Å². The summed E-state index contributed by atoms with van der Waals surface area (Å²) in [5, 5.41) is 11.7. The van der Waals surface area contributed by atoms with Crippen LogP contribution in [-0.4, -0.2) is 33.9 Å². The molecular formula is C13H19N5O. The zero-order chi connectivity index (χ0) is 13.7. The predicted molar refractivity (Wildman–Crippen MR) is 72.0 cm³/mol. The van der Waals surface area contributed by atoms with E-state index in [1.54, 1.807) is 11.8 Å². The zero-order valence-electron chi connectivity index (χ0n) is 11.3. The summed E-state index contributed by atoms with van der Waals surface area (Å²) < 4.78 is 7.15. The van der Waals surface area contributed by atoms with E-state index in [4.69, 9.17) is 10.5 Å². The van der Waals surface area contributed by atoms with Crippen molar-refractivity contribution in [3.05, 3.63) is 35.2 Å². The Balaban J connectivity index is 2.28. The van der Waals surface area contributed by atoms with Gasteiger partial charge in [-0.3, -0.25) is 0 Å². The van der Waals surface area contributed by atoms with Gasteiger partial charge in [-0.2, -0.15) is 0 Å². The number of rotatable bonds is 6.